The Hall–Kier alpha value is -4.63. The van der Waals surface area contributed by atoms with Gasteiger partial charge < -0.3 is 11.5 Å². The molecule has 0 bridgehead atoms. The fourth-order valence-electron chi connectivity index (χ4n) is 5.67. The van der Waals surface area contributed by atoms with Gasteiger partial charge in [0.05, 0.1) is 0 Å². The van der Waals surface area contributed by atoms with Crippen LogP contribution in [0, 0.1) is 0 Å². The molecule has 46 heavy (non-hydrogen) atoms. The quantitative estimate of drug-likeness (QED) is 0.165. The van der Waals surface area contributed by atoms with Crippen molar-refractivity contribution >= 4 is 46.2 Å². The maximum absolute atomic E-state index is 5.28. The maximum atomic E-state index is 5.28. The zero-order chi connectivity index (χ0) is 32.1. The molecule has 6 aromatic rings. The third-order valence-corrected chi connectivity index (χ3v) is 7.96. The minimum absolute atomic E-state index is 0.309. The standard InChI is InChI=1S/2C18H15B.C6H16N2/c2*1-4-10-16(11-5-1)19(17-12-6-2-7-13-17)18-14-8-3-9-15-18;7-5-3-1-2-4-6-8/h2*1-15H;1-8H2. The van der Waals surface area contributed by atoms with Crippen LogP contribution in [0.4, 0.5) is 0 Å². The van der Waals surface area contributed by atoms with Crippen LogP contribution in [0.2, 0.25) is 0 Å². The van der Waals surface area contributed by atoms with Crippen LogP contribution < -0.4 is 44.2 Å². The first-order valence-corrected chi connectivity index (χ1v) is 16.5. The van der Waals surface area contributed by atoms with E-state index in [1.165, 1.54) is 45.6 Å². The molecule has 2 nitrogen and oxygen atoms in total. The van der Waals surface area contributed by atoms with E-state index in [0.29, 0.717) is 13.4 Å². The zero-order valence-corrected chi connectivity index (χ0v) is 26.9. The summed E-state index contributed by atoms with van der Waals surface area (Å²) in [6, 6.07) is 64.0. The van der Waals surface area contributed by atoms with E-state index in [0.717, 1.165) is 25.9 Å². The van der Waals surface area contributed by atoms with E-state index >= 15 is 0 Å². The van der Waals surface area contributed by atoms with E-state index in [9.17, 15) is 0 Å². The lowest BCUT2D eigenvalue weighted by atomic mass is 9.37. The first-order valence-electron chi connectivity index (χ1n) is 16.5. The van der Waals surface area contributed by atoms with Gasteiger partial charge in [0.25, 0.3) is 0 Å². The highest BCUT2D eigenvalue weighted by Crippen LogP contribution is 1.97. The minimum Gasteiger partial charge on any atom is -0.330 e. The van der Waals surface area contributed by atoms with Crippen molar-refractivity contribution in [3.8, 4) is 0 Å². The average molecular weight is 600 g/mol. The maximum Gasteiger partial charge on any atom is 0.241 e. The molecule has 0 aliphatic rings. The molecule has 6 rings (SSSR count). The first kappa shape index (κ1) is 34.2. The van der Waals surface area contributed by atoms with Gasteiger partial charge in [-0.1, -0.05) is 228 Å². The van der Waals surface area contributed by atoms with Gasteiger partial charge in [0.1, 0.15) is 0 Å². The van der Waals surface area contributed by atoms with E-state index in [2.05, 4.69) is 182 Å². The summed E-state index contributed by atoms with van der Waals surface area (Å²) in [7, 11) is 0. The SMILES string of the molecule is NCCCCCCN.c1ccc(B(c2ccccc2)c2ccccc2)cc1.c1ccc(B(c2ccccc2)c2ccccc2)cc1. The van der Waals surface area contributed by atoms with Crippen molar-refractivity contribution in [2.45, 2.75) is 25.7 Å². The molecule has 0 heterocycles. The summed E-state index contributed by atoms with van der Waals surface area (Å²) in [5.41, 5.74) is 18.6. The topological polar surface area (TPSA) is 52.0 Å². The summed E-state index contributed by atoms with van der Waals surface area (Å²) in [5.74, 6) is 0. The summed E-state index contributed by atoms with van der Waals surface area (Å²) >= 11 is 0. The third kappa shape index (κ3) is 11.1. The van der Waals surface area contributed by atoms with Gasteiger partial charge in [-0.2, -0.15) is 0 Å². The molecule has 0 aromatic heterocycles. The van der Waals surface area contributed by atoms with E-state index < -0.39 is 0 Å². The molecule has 0 aliphatic heterocycles. The Kier molecular flexibility index (Phi) is 15.2. The minimum atomic E-state index is 0.309. The van der Waals surface area contributed by atoms with E-state index in [4.69, 9.17) is 11.5 Å². The molecule has 0 atom stereocenters. The Balaban J connectivity index is 0.000000170. The van der Waals surface area contributed by atoms with Crippen LogP contribution in [0.3, 0.4) is 0 Å². The molecule has 4 N–H and O–H groups in total. The van der Waals surface area contributed by atoms with E-state index in [1.54, 1.807) is 0 Å². The first-order chi connectivity index (χ1) is 22.8. The Morgan fingerprint density at radius 2 is 0.435 bits per heavy atom. The summed E-state index contributed by atoms with van der Waals surface area (Å²) in [4.78, 5) is 0. The molecular formula is C42H46B2N2. The lowest BCUT2D eigenvalue weighted by Gasteiger charge is -2.15. The normalized spacial score (nSPS) is 10.0. The zero-order valence-electron chi connectivity index (χ0n) is 26.9. The number of rotatable bonds is 11. The summed E-state index contributed by atoms with van der Waals surface area (Å²) in [6.45, 7) is 2.27. The number of nitrogens with two attached hydrogens (primary N) is 2. The highest BCUT2D eigenvalue weighted by Gasteiger charge is 2.21. The van der Waals surface area contributed by atoms with Crippen molar-refractivity contribution < 1.29 is 0 Å². The van der Waals surface area contributed by atoms with E-state index in [-0.39, 0.29) is 0 Å². The molecule has 0 aliphatic carbocycles. The van der Waals surface area contributed by atoms with Gasteiger partial charge in [-0.3, -0.25) is 0 Å². The second kappa shape index (κ2) is 20.4. The molecule has 4 heteroatoms. The van der Waals surface area contributed by atoms with Gasteiger partial charge in [-0.05, 0) is 25.9 Å². The Morgan fingerprint density at radius 3 is 0.587 bits per heavy atom. The van der Waals surface area contributed by atoms with Crippen LogP contribution in [-0.2, 0) is 0 Å². The van der Waals surface area contributed by atoms with Crippen molar-refractivity contribution in [1.82, 2.24) is 0 Å². The molecule has 6 aromatic carbocycles. The summed E-state index contributed by atoms with van der Waals surface area (Å²) in [5, 5.41) is 0. The second-order valence-electron chi connectivity index (χ2n) is 11.3. The monoisotopic (exact) mass is 600 g/mol. The van der Waals surface area contributed by atoms with Crippen LogP contribution in [0.25, 0.3) is 0 Å². The summed E-state index contributed by atoms with van der Waals surface area (Å²) in [6.07, 6.45) is 4.79. The number of unbranched alkanes of at least 4 members (excludes halogenated alkanes) is 3. The largest absolute Gasteiger partial charge is 0.330 e. The van der Waals surface area contributed by atoms with Gasteiger partial charge in [0, 0.05) is 0 Å². The predicted octanol–water partition coefficient (Wildman–Crippen LogP) is 4.87. The van der Waals surface area contributed by atoms with Crippen molar-refractivity contribution in [2.24, 2.45) is 11.5 Å². The highest BCUT2D eigenvalue weighted by atomic mass is 14.5. The molecule has 0 fully saturated rings. The van der Waals surface area contributed by atoms with Crippen LogP contribution in [-0.4, -0.2) is 26.5 Å². The van der Waals surface area contributed by atoms with Crippen molar-refractivity contribution in [1.29, 1.82) is 0 Å². The second-order valence-corrected chi connectivity index (χ2v) is 11.3. The molecular weight excluding hydrogens is 554 g/mol. The smallest absolute Gasteiger partial charge is 0.241 e. The fraction of sp³-hybridized carbons (Fsp3) is 0.143. The summed E-state index contributed by atoms with van der Waals surface area (Å²) < 4.78 is 0. The Bertz CT molecular complexity index is 1270. The number of hydrogen-bond acceptors (Lipinski definition) is 2. The molecule has 0 amide bonds. The molecule has 0 radical (unpaired) electrons. The van der Waals surface area contributed by atoms with E-state index in [1.807, 2.05) is 0 Å². The van der Waals surface area contributed by atoms with Crippen LogP contribution in [0.5, 0.6) is 0 Å². The Labute approximate surface area is 277 Å². The lowest BCUT2D eigenvalue weighted by molar-refractivity contribution is 0.653. The molecule has 0 spiro atoms. The van der Waals surface area contributed by atoms with Crippen LogP contribution in [0.1, 0.15) is 25.7 Å². The predicted molar refractivity (Wildman–Crippen MR) is 205 cm³/mol. The van der Waals surface area contributed by atoms with Crippen LogP contribution in [0.15, 0.2) is 182 Å². The van der Waals surface area contributed by atoms with Crippen molar-refractivity contribution in [2.75, 3.05) is 13.1 Å². The average Bonchev–Trinajstić information content (AvgIpc) is 3.14. The Morgan fingerprint density at radius 1 is 0.261 bits per heavy atom. The van der Waals surface area contributed by atoms with Gasteiger partial charge in [0.2, 0.25) is 13.4 Å². The van der Waals surface area contributed by atoms with Gasteiger partial charge in [-0.25, -0.2) is 0 Å². The number of benzene rings is 6. The fourth-order valence-corrected chi connectivity index (χ4v) is 5.67. The highest BCUT2D eigenvalue weighted by molar-refractivity contribution is 6.96. The number of hydrogen-bond donors (Lipinski definition) is 2. The lowest BCUT2D eigenvalue weighted by Crippen LogP contribution is -2.51. The van der Waals surface area contributed by atoms with Gasteiger partial charge >= 0.3 is 0 Å². The van der Waals surface area contributed by atoms with Crippen molar-refractivity contribution in [3.05, 3.63) is 182 Å². The van der Waals surface area contributed by atoms with Crippen LogP contribution >= 0.6 is 0 Å². The van der Waals surface area contributed by atoms with Crippen molar-refractivity contribution in [3.63, 3.8) is 0 Å². The molecule has 230 valence electrons. The van der Waals surface area contributed by atoms with Gasteiger partial charge in [0.15, 0.2) is 0 Å². The third-order valence-electron chi connectivity index (χ3n) is 7.96. The van der Waals surface area contributed by atoms with Gasteiger partial charge in [-0.15, -0.1) is 0 Å². The molecule has 0 saturated carbocycles. The molecule has 0 unspecified atom stereocenters. The molecule has 0 saturated heterocycles.